The van der Waals surface area contributed by atoms with Gasteiger partial charge in [-0.3, -0.25) is 0 Å². The molecule has 0 N–H and O–H groups in total. The van der Waals surface area contributed by atoms with Crippen molar-refractivity contribution >= 4 is 76.4 Å². The Balaban J connectivity index is 1.07. The van der Waals surface area contributed by atoms with Crippen LogP contribution in [-0.4, -0.2) is 0 Å². The van der Waals surface area contributed by atoms with E-state index in [2.05, 4.69) is 252 Å². The van der Waals surface area contributed by atoms with Crippen molar-refractivity contribution in [1.29, 1.82) is 0 Å². The van der Waals surface area contributed by atoms with Crippen LogP contribution in [0.4, 0.5) is 34.1 Å². The summed E-state index contributed by atoms with van der Waals surface area (Å²) >= 11 is 1.86. The molecule has 0 radical (unpaired) electrons. The van der Waals surface area contributed by atoms with Gasteiger partial charge in [0, 0.05) is 54.0 Å². The van der Waals surface area contributed by atoms with Gasteiger partial charge in [-0.25, -0.2) is 0 Å². The van der Waals surface area contributed by atoms with Crippen LogP contribution in [0.5, 0.6) is 0 Å². The third kappa shape index (κ3) is 6.91. The van der Waals surface area contributed by atoms with Crippen LogP contribution in [0.25, 0.3) is 64.3 Å². The van der Waals surface area contributed by atoms with Gasteiger partial charge in [-0.2, -0.15) is 0 Å². The molecule has 1 heterocycles. The Kier molecular flexibility index (Phi) is 9.42. The monoisotopic (exact) mass is 796 g/mol. The van der Waals surface area contributed by atoms with E-state index in [1.807, 2.05) is 11.3 Å². The maximum atomic E-state index is 2.46. The Morgan fingerprint density at radius 3 is 1.56 bits per heavy atom. The first-order valence-electron chi connectivity index (χ1n) is 20.7. The molecule has 0 bridgehead atoms. The summed E-state index contributed by atoms with van der Waals surface area (Å²) in [5.74, 6) is 0. The number of para-hydroxylation sites is 3. The van der Waals surface area contributed by atoms with Crippen LogP contribution in [0, 0.1) is 0 Å². The normalized spacial score (nSPS) is 11.3. The fourth-order valence-electron chi connectivity index (χ4n) is 8.73. The molecule has 0 amide bonds. The number of thiophene rings is 1. The predicted octanol–water partition coefficient (Wildman–Crippen LogP) is 17.1. The molecule has 2 nitrogen and oxygen atoms in total. The summed E-state index contributed by atoms with van der Waals surface area (Å²) in [5.41, 5.74) is 13.7. The fraction of sp³-hybridized carbons (Fsp3) is 0. The standard InChI is InChI=1S/C58H40N2S/c1-4-18-41(19-5-1)54-38-44-20-10-11-21-45(44)39-56(54)60(50-34-35-53-52-31-13-15-33-57(52)61-58(53)40-50)49-29-17-23-43(37-49)42-22-16-24-46(36-42)51-30-12-14-32-55(51)59(47-25-6-2-7-26-47)48-27-8-3-9-28-48/h1-40H. The third-order valence-electron chi connectivity index (χ3n) is 11.6. The van der Waals surface area contributed by atoms with Gasteiger partial charge in [-0.15, -0.1) is 11.3 Å². The largest absolute Gasteiger partial charge is 0.310 e. The number of hydrogen-bond acceptors (Lipinski definition) is 3. The molecular formula is C58H40N2S. The minimum Gasteiger partial charge on any atom is -0.310 e. The van der Waals surface area contributed by atoms with Gasteiger partial charge in [-0.1, -0.05) is 164 Å². The van der Waals surface area contributed by atoms with Crippen LogP contribution in [0.2, 0.25) is 0 Å². The van der Waals surface area contributed by atoms with Gasteiger partial charge >= 0.3 is 0 Å². The first-order chi connectivity index (χ1) is 30.2. The van der Waals surface area contributed by atoms with E-state index in [-0.39, 0.29) is 0 Å². The molecule has 61 heavy (non-hydrogen) atoms. The molecule has 0 unspecified atom stereocenters. The molecule has 0 aliphatic carbocycles. The Labute approximate surface area is 360 Å². The quantitative estimate of drug-likeness (QED) is 0.144. The van der Waals surface area contributed by atoms with E-state index < -0.39 is 0 Å². The van der Waals surface area contributed by atoms with E-state index in [9.17, 15) is 0 Å². The number of nitrogens with zero attached hydrogens (tertiary/aromatic N) is 2. The first kappa shape index (κ1) is 36.4. The Hall–Kier alpha value is -7.72. The molecule has 0 saturated heterocycles. The second-order valence-electron chi connectivity index (χ2n) is 15.4. The third-order valence-corrected chi connectivity index (χ3v) is 12.7. The average molecular weight is 797 g/mol. The molecule has 0 saturated carbocycles. The fourth-order valence-corrected chi connectivity index (χ4v) is 9.87. The maximum absolute atomic E-state index is 2.46. The lowest BCUT2D eigenvalue weighted by atomic mass is 9.96. The van der Waals surface area contributed by atoms with Crippen LogP contribution in [0.3, 0.4) is 0 Å². The van der Waals surface area contributed by atoms with Crippen molar-refractivity contribution in [2.45, 2.75) is 0 Å². The molecule has 0 spiro atoms. The van der Waals surface area contributed by atoms with Gasteiger partial charge in [0.2, 0.25) is 0 Å². The molecule has 1 aromatic heterocycles. The van der Waals surface area contributed by atoms with E-state index in [0.29, 0.717) is 0 Å². The van der Waals surface area contributed by atoms with Gasteiger partial charge in [-0.05, 0) is 112 Å². The average Bonchev–Trinajstić information content (AvgIpc) is 3.71. The summed E-state index contributed by atoms with van der Waals surface area (Å²) in [6.07, 6.45) is 0. The summed E-state index contributed by atoms with van der Waals surface area (Å²) in [6, 6.07) is 87.9. The van der Waals surface area contributed by atoms with Gasteiger partial charge in [0.05, 0.1) is 11.4 Å². The van der Waals surface area contributed by atoms with E-state index in [4.69, 9.17) is 0 Å². The van der Waals surface area contributed by atoms with Crippen LogP contribution in [0.1, 0.15) is 0 Å². The zero-order valence-electron chi connectivity index (χ0n) is 33.4. The van der Waals surface area contributed by atoms with E-state index in [1.54, 1.807) is 0 Å². The number of fused-ring (bicyclic) bond motifs is 4. The zero-order chi connectivity index (χ0) is 40.5. The van der Waals surface area contributed by atoms with E-state index in [0.717, 1.165) is 56.4 Å². The lowest BCUT2D eigenvalue weighted by molar-refractivity contribution is 1.28. The summed E-state index contributed by atoms with van der Waals surface area (Å²) in [7, 11) is 0. The number of anilines is 6. The topological polar surface area (TPSA) is 6.48 Å². The summed E-state index contributed by atoms with van der Waals surface area (Å²) < 4.78 is 2.57. The highest BCUT2D eigenvalue weighted by Crippen LogP contribution is 2.47. The molecule has 288 valence electrons. The Morgan fingerprint density at radius 2 is 0.787 bits per heavy atom. The summed E-state index contributed by atoms with van der Waals surface area (Å²) in [6.45, 7) is 0. The van der Waals surface area contributed by atoms with Crippen molar-refractivity contribution in [2.75, 3.05) is 9.80 Å². The highest BCUT2D eigenvalue weighted by atomic mass is 32.1. The summed E-state index contributed by atoms with van der Waals surface area (Å²) in [4.78, 5) is 4.81. The zero-order valence-corrected chi connectivity index (χ0v) is 34.2. The SMILES string of the molecule is c1ccc(-c2cc3ccccc3cc2N(c2cccc(-c3cccc(-c4ccccc4N(c4ccccc4)c4ccccc4)c3)c2)c2ccc3c(c2)sc2ccccc23)cc1. The molecule has 0 aliphatic rings. The molecule has 0 fully saturated rings. The highest BCUT2D eigenvalue weighted by molar-refractivity contribution is 7.25. The Bertz CT molecular complexity index is 3280. The minimum absolute atomic E-state index is 1.09. The van der Waals surface area contributed by atoms with Gasteiger partial charge in [0.15, 0.2) is 0 Å². The predicted molar refractivity (Wildman–Crippen MR) is 263 cm³/mol. The molecule has 11 rings (SSSR count). The van der Waals surface area contributed by atoms with Crippen LogP contribution < -0.4 is 9.80 Å². The number of rotatable bonds is 9. The van der Waals surface area contributed by atoms with E-state index in [1.165, 1.54) is 42.1 Å². The lowest BCUT2D eigenvalue weighted by Crippen LogP contribution is -2.11. The van der Waals surface area contributed by atoms with Gasteiger partial charge in [0.1, 0.15) is 0 Å². The summed E-state index contributed by atoms with van der Waals surface area (Å²) in [5, 5.41) is 5.01. The van der Waals surface area contributed by atoms with Crippen molar-refractivity contribution in [1.82, 2.24) is 0 Å². The number of benzene rings is 10. The van der Waals surface area contributed by atoms with Crippen molar-refractivity contribution < 1.29 is 0 Å². The first-order valence-corrected chi connectivity index (χ1v) is 21.6. The maximum Gasteiger partial charge on any atom is 0.0546 e. The molecule has 3 heteroatoms. The van der Waals surface area contributed by atoms with E-state index >= 15 is 0 Å². The van der Waals surface area contributed by atoms with Gasteiger partial charge < -0.3 is 9.80 Å². The van der Waals surface area contributed by atoms with Crippen molar-refractivity contribution in [3.05, 3.63) is 243 Å². The molecular weight excluding hydrogens is 757 g/mol. The van der Waals surface area contributed by atoms with Crippen LogP contribution in [0.15, 0.2) is 243 Å². The molecule has 10 aromatic carbocycles. The number of hydrogen-bond donors (Lipinski definition) is 0. The van der Waals surface area contributed by atoms with Crippen LogP contribution in [-0.2, 0) is 0 Å². The Morgan fingerprint density at radius 1 is 0.262 bits per heavy atom. The van der Waals surface area contributed by atoms with Crippen molar-refractivity contribution in [3.63, 3.8) is 0 Å². The molecule has 0 aliphatic heterocycles. The van der Waals surface area contributed by atoms with Gasteiger partial charge in [0.25, 0.3) is 0 Å². The van der Waals surface area contributed by atoms with Crippen molar-refractivity contribution in [2.24, 2.45) is 0 Å². The smallest absolute Gasteiger partial charge is 0.0546 e. The molecule has 0 atom stereocenters. The minimum atomic E-state index is 1.09. The second kappa shape index (κ2) is 15.8. The lowest BCUT2D eigenvalue weighted by Gasteiger charge is -2.29. The van der Waals surface area contributed by atoms with Crippen LogP contribution >= 0.6 is 11.3 Å². The second-order valence-corrected chi connectivity index (χ2v) is 16.4. The van der Waals surface area contributed by atoms with Crippen molar-refractivity contribution in [3.8, 4) is 33.4 Å². The molecule has 11 aromatic rings. The highest BCUT2D eigenvalue weighted by Gasteiger charge is 2.21.